The first kappa shape index (κ1) is 14.9. The maximum Gasteiger partial charge on any atom is 0.387 e. The summed E-state index contributed by atoms with van der Waals surface area (Å²) in [5, 5.41) is 0. The lowest BCUT2D eigenvalue weighted by Crippen LogP contribution is -2.27. The summed E-state index contributed by atoms with van der Waals surface area (Å²) in [6.45, 7) is 0.877. The quantitative estimate of drug-likeness (QED) is 0.818. The number of fused-ring (bicyclic) bond motifs is 2. The molecule has 24 heavy (non-hydrogen) atoms. The summed E-state index contributed by atoms with van der Waals surface area (Å²) >= 11 is 0. The van der Waals surface area contributed by atoms with Crippen LogP contribution in [-0.4, -0.2) is 12.5 Å². The number of rotatable bonds is 4. The molecule has 122 valence electrons. The summed E-state index contributed by atoms with van der Waals surface area (Å²) < 4.78 is 29.4. The summed E-state index contributed by atoms with van der Waals surface area (Å²) in [5.74, 6) is 0.0317. The second kappa shape index (κ2) is 5.16. The number of benzene rings is 2. The van der Waals surface area contributed by atoms with Crippen LogP contribution in [0.5, 0.6) is 5.75 Å². The van der Waals surface area contributed by atoms with Gasteiger partial charge in [-0.1, -0.05) is 24.8 Å². The van der Waals surface area contributed by atoms with E-state index < -0.39 is 12.0 Å². The van der Waals surface area contributed by atoms with Gasteiger partial charge in [-0.15, -0.1) is 0 Å². The number of hydrogen-bond donors (Lipinski definition) is 0. The number of nitrogens with zero attached hydrogens (tertiary/aromatic N) is 1. The normalized spacial score (nSPS) is 17.3. The second-order valence-electron chi connectivity index (χ2n) is 6.08. The third kappa shape index (κ3) is 2.12. The number of carbonyl (C=O) groups is 1. The van der Waals surface area contributed by atoms with Gasteiger partial charge in [0, 0.05) is 6.07 Å². The number of alkyl halides is 2. The predicted molar refractivity (Wildman–Crippen MR) is 87.7 cm³/mol. The lowest BCUT2D eigenvalue weighted by Gasteiger charge is -2.19. The molecule has 0 unspecified atom stereocenters. The molecule has 1 spiro atoms. The van der Waals surface area contributed by atoms with Gasteiger partial charge in [0.15, 0.2) is 0 Å². The Morgan fingerprint density at radius 1 is 1.21 bits per heavy atom. The van der Waals surface area contributed by atoms with Crippen LogP contribution in [0.15, 0.2) is 49.0 Å². The largest absolute Gasteiger partial charge is 0.435 e. The van der Waals surface area contributed by atoms with Crippen LogP contribution in [0.1, 0.15) is 24.0 Å². The number of anilines is 2. The Bertz CT molecular complexity index is 843. The highest BCUT2D eigenvalue weighted by Gasteiger charge is 2.59. The topological polar surface area (TPSA) is 29.5 Å². The van der Waals surface area contributed by atoms with Crippen LogP contribution in [0.4, 0.5) is 20.2 Å². The molecule has 0 bridgehead atoms. The minimum Gasteiger partial charge on any atom is -0.435 e. The number of carbonyl (C=O) groups excluding carboxylic acids is 1. The summed E-state index contributed by atoms with van der Waals surface area (Å²) in [6.07, 6.45) is 3.37. The molecule has 2 aromatic rings. The molecule has 1 saturated carbocycles. The van der Waals surface area contributed by atoms with Crippen molar-refractivity contribution in [2.75, 3.05) is 4.90 Å². The van der Waals surface area contributed by atoms with E-state index in [-0.39, 0.29) is 11.7 Å². The van der Waals surface area contributed by atoms with E-state index in [9.17, 15) is 13.6 Å². The maximum atomic E-state index is 13.0. The zero-order chi connectivity index (χ0) is 16.9. The van der Waals surface area contributed by atoms with E-state index in [1.807, 2.05) is 18.2 Å². The third-order valence-corrected chi connectivity index (χ3v) is 4.68. The number of ether oxygens (including phenoxy) is 1. The van der Waals surface area contributed by atoms with Gasteiger partial charge in [0.05, 0.1) is 16.8 Å². The Morgan fingerprint density at radius 3 is 2.67 bits per heavy atom. The molecular formula is C19H15F2NO2. The highest BCUT2D eigenvalue weighted by molar-refractivity contribution is 6.14. The van der Waals surface area contributed by atoms with E-state index in [1.54, 1.807) is 23.1 Å². The molecule has 0 N–H and O–H groups in total. The molecule has 0 atom stereocenters. The first-order valence-corrected chi connectivity index (χ1v) is 7.71. The SMILES string of the molecule is C=Cc1ccc2c(c1)C1(CC1)C(=O)N2c1cccc(OC(F)F)c1. The predicted octanol–water partition coefficient (Wildman–Crippen LogP) is 4.64. The smallest absolute Gasteiger partial charge is 0.387 e. The van der Waals surface area contributed by atoms with Gasteiger partial charge in [-0.2, -0.15) is 8.78 Å². The van der Waals surface area contributed by atoms with Crippen LogP contribution in [0.2, 0.25) is 0 Å². The zero-order valence-electron chi connectivity index (χ0n) is 12.8. The Labute approximate surface area is 138 Å². The summed E-state index contributed by atoms with van der Waals surface area (Å²) in [7, 11) is 0. The average molecular weight is 327 g/mol. The fourth-order valence-corrected chi connectivity index (χ4v) is 3.36. The van der Waals surface area contributed by atoms with Crippen molar-refractivity contribution in [3.63, 3.8) is 0 Å². The van der Waals surface area contributed by atoms with Gasteiger partial charge in [-0.25, -0.2) is 0 Å². The molecule has 4 rings (SSSR count). The monoisotopic (exact) mass is 327 g/mol. The average Bonchev–Trinajstić information content (AvgIpc) is 3.32. The van der Waals surface area contributed by atoms with Gasteiger partial charge in [-0.3, -0.25) is 9.69 Å². The van der Waals surface area contributed by atoms with E-state index in [0.29, 0.717) is 5.69 Å². The minimum atomic E-state index is -2.90. The maximum absolute atomic E-state index is 13.0. The van der Waals surface area contributed by atoms with Crippen molar-refractivity contribution in [3.8, 4) is 5.75 Å². The molecule has 1 aliphatic carbocycles. The summed E-state index contributed by atoms with van der Waals surface area (Å²) in [4.78, 5) is 14.6. The summed E-state index contributed by atoms with van der Waals surface area (Å²) in [5.41, 5.74) is 2.83. The van der Waals surface area contributed by atoms with Gasteiger partial charge in [0.25, 0.3) is 0 Å². The van der Waals surface area contributed by atoms with Crippen molar-refractivity contribution >= 4 is 23.4 Å². The minimum absolute atomic E-state index is 0.00657. The van der Waals surface area contributed by atoms with E-state index in [4.69, 9.17) is 0 Å². The van der Waals surface area contributed by atoms with Crippen molar-refractivity contribution < 1.29 is 18.3 Å². The number of halogens is 2. The van der Waals surface area contributed by atoms with Crippen LogP contribution in [0.3, 0.4) is 0 Å². The molecule has 0 radical (unpaired) electrons. The van der Waals surface area contributed by atoms with Crippen LogP contribution in [0.25, 0.3) is 6.08 Å². The molecule has 1 heterocycles. The standard InChI is InChI=1S/C19H15F2NO2/c1-2-12-6-7-16-15(10-12)19(8-9-19)17(23)22(16)13-4-3-5-14(11-13)24-18(20)21/h2-7,10-11,18H,1,8-9H2. The number of hydrogen-bond acceptors (Lipinski definition) is 2. The Morgan fingerprint density at radius 2 is 2.00 bits per heavy atom. The fraction of sp³-hybridized carbons (Fsp3) is 0.211. The van der Waals surface area contributed by atoms with Gasteiger partial charge >= 0.3 is 6.61 Å². The molecule has 1 amide bonds. The highest BCUT2D eigenvalue weighted by atomic mass is 19.3. The van der Waals surface area contributed by atoms with Crippen LogP contribution in [0, 0.1) is 0 Å². The molecule has 2 aliphatic rings. The van der Waals surface area contributed by atoms with Gasteiger partial charge in [0.1, 0.15) is 5.75 Å². The first-order valence-electron chi connectivity index (χ1n) is 7.71. The van der Waals surface area contributed by atoms with Gasteiger partial charge in [-0.05, 0) is 48.2 Å². The van der Waals surface area contributed by atoms with E-state index in [0.717, 1.165) is 29.7 Å². The molecule has 1 fully saturated rings. The Balaban J connectivity index is 1.80. The number of amides is 1. The lowest BCUT2D eigenvalue weighted by molar-refractivity contribution is -0.119. The molecule has 1 aliphatic heterocycles. The van der Waals surface area contributed by atoms with E-state index in [2.05, 4.69) is 11.3 Å². The van der Waals surface area contributed by atoms with Gasteiger partial charge in [0.2, 0.25) is 5.91 Å². The van der Waals surface area contributed by atoms with Crippen molar-refractivity contribution in [2.45, 2.75) is 24.9 Å². The molecule has 0 saturated heterocycles. The molecule has 2 aromatic carbocycles. The van der Waals surface area contributed by atoms with E-state index >= 15 is 0 Å². The summed E-state index contributed by atoms with van der Waals surface area (Å²) in [6, 6.07) is 12.0. The second-order valence-corrected chi connectivity index (χ2v) is 6.08. The molecular weight excluding hydrogens is 312 g/mol. The Kier molecular flexibility index (Phi) is 3.20. The van der Waals surface area contributed by atoms with Crippen molar-refractivity contribution in [1.82, 2.24) is 0 Å². The lowest BCUT2D eigenvalue weighted by atomic mass is 9.96. The third-order valence-electron chi connectivity index (χ3n) is 4.68. The van der Waals surface area contributed by atoms with Crippen molar-refractivity contribution in [2.24, 2.45) is 0 Å². The molecule has 3 nitrogen and oxygen atoms in total. The highest BCUT2D eigenvalue weighted by Crippen LogP contribution is 2.59. The zero-order valence-corrected chi connectivity index (χ0v) is 12.8. The first-order chi connectivity index (χ1) is 11.5. The van der Waals surface area contributed by atoms with Crippen LogP contribution < -0.4 is 9.64 Å². The van der Waals surface area contributed by atoms with Crippen molar-refractivity contribution in [3.05, 3.63) is 60.2 Å². The fourth-order valence-electron chi connectivity index (χ4n) is 3.36. The van der Waals surface area contributed by atoms with Crippen molar-refractivity contribution in [1.29, 1.82) is 0 Å². The Hall–Kier alpha value is -2.69. The van der Waals surface area contributed by atoms with Gasteiger partial charge < -0.3 is 4.74 Å². The van der Waals surface area contributed by atoms with Crippen LogP contribution in [-0.2, 0) is 10.2 Å². The van der Waals surface area contributed by atoms with Crippen LogP contribution >= 0.6 is 0 Å². The molecule has 5 heteroatoms. The van der Waals surface area contributed by atoms with E-state index in [1.165, 1.54) is 12.1 Å². The molecule has 0 aromatic heterocycles.